The Morgan fingerprint density at radius 2 is 1.95 bits per heavy atom. The summed E-state index contributed by atoms with van der Waals surface area (Å²) in [5.41, 5.74) is 3.06. The van der Waals surface area contributed by atoms with E-state index in [2.05, 4.69) is 5.10 Å². The summed E-state index contributed by atoms with van der Waals surface area (Å²) in [6.45, 7) is 2.82. The van der Waals surface area contributed by atoms with Crippen LogP contribution in [0.5, 0.6) is 0 Å². The number of nitrogens with zero attached hydrogens (tertiary/aromatic N) is 6. The molecule has 0 saturated carbocycles. The van der Waals surface area contributed by atoms with Gasteiger partial charge in [0.25, 0.3) is 12.0 Å². The van der Waals surface area contributed by atoms with Crippen molar-refractivity contribution in [3.63, 3.8) is 0 Å². The molecule has 5 heterocycles. The van der Waals surface area contributed by atoms with E-state index in [1.54, 1.807) is 34.0 Å². The Morgan fingerprint density at radius 1 is 1.10 bits per heavy atom. The molecule has 41 heavy (non-hydrogen) atoms. The number of ether oxygens (including phenoxy) is 2. The highest BCUT2D eigenvalue weighted by atomic mass is 35.5. The minimum absolute atomic E-state index is 0.0130. The van der Waals surface area contributed by atoms with Gasteiger partial charge in [0.2, 0.25) is 5.91 Å². The summed E-state index contributed by atoms with van der Waals surface area (Å²) in [7, 11) is 0. The number of hydrogen-bond donors (Lipinski definition) is 0. The largest absolute Gasteiger partial charge is 0.370 e. The first kappa shape index (κ1) is 27.8. The van der Waals surface area contributed by atoms with Crippen molar-refractivity contribution in [1.29, 1.82) is 0 Å². The highest BCUT2D eigenvalue weighted by Gasteiger charge is 2.30. The first-order valence-electron chi connectivity index (χ1n) is 13.8. The van der Waals surface area contributed by atoms with Gasteiger partial charge in [-0.25, -0.2) is 8.78 Å². The fourth-order valence-electron chi connectivity index (χ4n) is 5.75. The molecule has 10 nitrogen and oxygen atoms in total. The molecule has 0 spiro atoms. The van der Waals surface area contributed by atoms with Gasteiger partial charge in [0, 0.05) is 49.5 Å². The van der Waals surface area contributed by atoms with Crippen molar-refractivity contribution in [1.82, 2.24) is 24.5 Å². The summed E-state index contributed by atoms with van der Waals surface area (Å²) in [4.78, 5) is 29.4. The van der Waals surface area contributed by atoms with Crippen molar-refractivity contribution in [2.75, 3.05) is 37.8 Å². The van der Waals surface area contributed by atoms with Gasteiger partial charge in [-0.1, -0.05) is 35.9 Å². The van der Waals surface area contributed by atoms with E-state index in [9.17, 15) is 18.4 Å². The van der Waals surface area contributed by atoms with Crippen LogP contribution < -0.4 is 10.5 Å². The summed E-state index contributed by atoms with van der Waals surface area (Å²) in [5, 5.41) is 9.31. The Balaban J connectivity index is 1.33. The number of rotatable bonds is 7. The molecule has 2 fully saturated rings. The molecule has 0 N–H and O–H groups in total. The van der Waals surface area contributed by atoms with Gasteiger partial charge < -0.3 is 19.3 Å². The second-order valence-corrected chi connectivity index (χ2v) is 10.9. The average Bonchev–Trinajstić information content (AvgIpc) is 3.32. The summed E-state index contributed by atoms with van der Waals surface area (Å²) < 4.78 is 41.6. The average molecular weight is 589 g/mol. The quantitative estimate of drug-likeness (QED) is 0.415. The molecule has 3 aliphatic rings. The summed E-state index contributed by atoms with van der Waals surface area (Å²) in [5.74, 6) is -0.129. The van der Waals surface area contributed by atoms with E-state index >= 15 is 0 Å². The third-order valence-electron chi connectivity index (χ3n) is 7.95. The smallest absolute Gasteiger partial charge is 0.290 e. The van der Waals surface area contributed by atoms with Gasteiger partial charge in [-0.15, -0.1) is 0 Å². The molecule has 2 aromatic heterocycles. The van der Waals surface area contributed by atoms with Gasteiger partial charge in [-0.05, 0) is 24.8 Å². The molecule has 1 unspecified atom stereocenters. The lowest BCUT2D eigenvalue weighted by Crippen LogP contribution is -2.41. The van der Waals surface area contributed by atoms with Gasteiger partial charge >= 0.3 is 0 Å². The number of carbonyl (C=O) groups excluding carboxylic acids is 1. The van der Waals surface area contributed by atoms with Crippen molar-refractivity contribution in [3.05, 3.63) is 73.9 Å². The zero-order valence-corrected chi connectivity index (χ0v) is 23.2. The molecule has 1 aromatic carbocycles. The van der Waals surface area contributed by atoms with Gasteiger partial charge in [0.15, 0.2) is 6.23 Å². The number of carbonyl (C=O) groups is 1. The van der Waals surface area contributed by atoms with E-state index in [0.717, 1.165) is 24.1 Å². The lowest BCUT2D eigenvalue weighted by Gasteiger charge is -2.31. The highest BCUT2D eigenvalue weighted by Crippen LogP contribution is 2.32. The predicted octanol–water partition coefficient (Wildman–Crippen LogP) is 3.70. The summed E-state index contributed by atoms with van der Waals surface area (Å²) in [6.07, 6.45) is 1.72. The molecule has 1 atom stereocenters. The lowest BCUT2D eigenvalue weighted by atomic mass is 10.0. The van der Waals surface area contributed by atoms with Crippen molar-refractivity contribution in [2.45, 2.75) is 58.0 Å². The molecule has 1 amide bonds. The first-order chi connectivity index (χ1) is 19.9. The Labute approximate surface area is 240 Å². The lowest BCUT2D eigenvalue weighted by molar-refractivity contribution is -0.143. The third kappa shape index (κ3) is 5.60. The zero-order valence-electron chi connectivity index (χ0n) is 22.5. The second kappa shape index (κ2) is 11.9. The topological polar surface area (TPSA) is 94.7 Å². The van der Waals surface area contributed by atoms with Crippen molar-refractivity contribution >= 4 is 23.2 Å². The molecular formula is C28H31ClF2N6O4. The van der Waals surface area contributed by atoms with Crippen LogP contribution in [-0.4, -0.2) is 63.3 Å². The van der Waals surface area contributed by atoms with Crippen LogP contribution in [0.25, 0.3) is 0 Å². The van der Waals surface area contributed by atoms with E-state index in [0.29, 0.717) is 62.6 Å². The van der Waals surface area contributed by atoms with Gasteiger partial charge in [-0.2, -0.15) is 14.9 Å². The van der Waals surface area contributed by atoms with E-state index in [1.165, 1.54) is 10.7 Å². The van der Waals surface area contributed by atoms with Crippen LogP contribution in [0.1, 0.15) is 60.0 Å². The van der Waals surface area contributed by atoms with Crippen LogP contribution in [0.15, 0.2) is 35.3 Å². The van der Waals surface area contributed by atoms with Gasteiger partial charge in [0.1, 0.15) is 11.6 Å². The maximum Gasteiger partial charge on any atom is 0.290 e. The maximum absolute atomic E-state index is 13.7. The number of morpholine rings is 1. The predicted molar refractivity (Wildman–Crippen MR) is 146 cm³/mol. The molecular weight excluding hydrogens is 558 g/mol. The van der Waals surface area contributed by atoms with E-state index in [4.69, 9.17) is 26.2 Å². The monoisotopic (exact) mass is 588 g/mol. The Bertz CT molecular complexity index is 1490. The van der Waals surface area contributed by atoms with Crippen LogP contribution in [-0.2, 0) is 40.3 Å². The van der Waals surface area contributed by atoms with E-state index < -0.39 is 18.2 Å². The molecule has 0 aliphatic carbocycles. The fourth-order valence-corrected chi connectivity index (χ4v) is 6.01. The van der Waals surface area contributed by atoms with E-state index in [-0.39, 0.29) is 36.2 Å². The third-order valence-corrected chi connectivity index (χ3v) is 8.30. The summed E-state index contributed by atoms with van der Waals surface area (Å²) in [6, 6.07) is 6.46. The fraction of sp³-hybridized carbons (Fsp3) is 0.500. The molecule has 0 bridgehead atoms. The number of anilines is 1. The minimum atomic E-state index is -2.60. The van der Waals surface area contributed by atoms with Crippen LogP contribution in [0.3, 0.4) is 0 Å². The molecule has 0 radical (unpaired) electrons. The molecule has 3 aromatic rings. The molecule has 13 heteroatoms. The van der Waals surface area contributed by atoms with Gasteiger partial charge in [-0.3, -0.25) is 14.3 Å². The Hall–Kier alpha value is -3.35. The molecule has 2 saturated heterocycles. The first-order valence-corrected chi connectivity index (χ1v) is 14.2. The number of aromatic nitrogens is 4. The van der Waals surface area contributed by atoms with Crippen molar-refractivity contribution in [2.24, 2.45) is 0 Å². The van der Waals surface area contributed by atoms with Crippen LogP contribution in [0.2, 0.25) is 5.02 Å². The molecule has 3 aliphatic heterocycles. The molecule has 6 rings (SSSR count). The Kier molecular flexibility index (Phi) is 8.05. The Morgan fingerprint density at radius 3 is 2.73 bits per heavy atom. The standard InChI is InChI=1S/C28H31ClF2N6O4/c29-26-23(13-32-37(28(26)39)25-7-3-4-11-41-25)34-9-8-22-20(15-34)21(16-35-10-12-40-17-24(35)38)33-36(22)14-18-5-1-2-6-19(18)27(30)31/h1-2,5-6,13,25,27H,3-4,7-12,14-17H2. The maximum atomic E-state index is 13.7. The second-order valence-electron chi connectivity index (χ2n) is 10.5. The minimum Gasteiger partial charge on any atom is -0.370 e. The normalized spacial score (nSPS) is 19.6. The number of benzene rings is 1. The number of amides is 1. The van der Waals surface area contributed by atoms with Crippen LogP contribution in [0.4, 0.5) is 14.5 Å². The summed E-state index contributed by atoms with van der Waals surface area (Å²) >= 11 is 6.62. The highest BCUT2D eigenvalue weighted by molar-refractivity contribution is 6.33. The van der Waals surface area contributed by atoms with E-state index in [1.807, 2.05) is 4.90 Å². The SMILES string of the molecule is O=C1COCCN1Cc1nn(Cc2ccccc2C(F)F)c2c1CN(c1cnn(C3CCCCO3)c(=O)c1Cl)CC2. The number of halogens is 3. The number of fused-ring (bicyclic) bond motifs is 1. The van der Waals surface area contributed by atoms with Crippen LogP contribution in [0, 0.1) is 0 Å². The number of hydrogen-bond acceptors (Lipinski definition) is 7. The van der Waals surface area contributed by atoms with Crippen molar-refractivity contribution in [3.8, 4) is 0 Å². The van der Waals surface area contributed by atoms with Gasteiger partial charge in [0.05, 0.1) is 37.3 Å². The molecule has 218 valence electrons. The van der Waals surface area contributed by atoms with Crippen molar-refractivity contribution < 1.29 is 23.0 Å². The zero-order chi connectivity index (χ0) is 28.5. The number of alkyl halides is 2. The van der Waals surface area contributed by atoms with Crippen LogP contribution >= 0.6 is 11.6 Å².